The lowest BCUT2D eigenvalue weighted by Crippen LogP contribution is -2.41. The van der Waals surface area contributed by atoms with Gasteiger partial charge in [-0.1, -0.05) is 6.07 Å². The number of thiazole rings is 1. The fraction of sp³-hybridized carbons (Fsp3) is 0.348. The summed E-state index contributed by atoms with van der Waals surface area (Å²) in [5, 5.41) is 3.85. The van der Waals surface area contributed by atoms with Gasteiger partial charge in [0, 0.05) is 24.3 Å². The monoisotopic (exact) mass is 424 g/mol. The van der Waals surface area contributed by atoms with Crippen LogP contribution in [0.15, 0.2) is 42.5 Å². The molecule has 0 spiro atoms. The average Bonchev–Trinajstić information content (AvgIpc) is 3.12. The van der Waals surface area contributed by atoms with Gasteiger partial charge in [0.05, 0.1) is 23.3 Å². The van der Waals surface area contributed by atoms with Gasteiger partial charge < -0.3 is 10.2 Å². The Balaban J connectivity index is 1.58. The van der Waals surface area contributed by atoms with Gasteiger partial charge in [-0.15, -0.1) is 11.3 Å². The first-order valence-electron chi connectivity index (χ1n) is 10.1. The fourth-order valence-electron chi connectivity index (χ4n) is 3.26. The van der Waals surface area contributed by atoms with Crippen molar-refractivity contribution in [3.8, 4) is 10.6 Å². The standard InChI is InChI=1S/C23H28N4O2S/c1-5-27(6-2)22(29)15-26(4)14-21(28)24-18-10-8-17(9-11-18)23-25-19-12-7-16(3)13-20(19)30-23/h7-13H,5-6,14-15H2,1-4H3,(H,24,28). The van der Waals surface area contributed by atoms with Crippen LogP contribution in [0, 0.1) is 6.92 Å². The van der Waals surface area contributed by atoms with E-state index in [9.17, 15) is 9.59 Å². The number of rotatable bonds is 8. The topological polar surface area (TPSA) is 65.5 Å². The number of amides is 2. The van der Waals surface area contributed by atoms with E-state index in [0.29, 0.717) is 13.1 Å². The Morgan fingerprint density at radius 2 is 1.73 bits per heavy atom. The first-order chi connectivity index (χ1) is 14.4. The summed E-state index contributed by atoms with van der Waals surface area (Å²) in [5.41, 5.74) is 3.97. The maximum atomic E-state index is 12.3. The molecule has 0 aliphatic heterocycles. The second-order valence-electron chi connectivity index (χ2n) is 7.35. The molecule has 30 heavy (non-hydrogen) atoms. The van der Waals surface area contributed by atoms with Crippen LogP contribution in [0.1, 0.15) is 19.4 Å². The third-order valence-electron chi connectivity index (χ3n) is 4.89. The molecule has 0 aliphatic carbocycles. The number of benzene rings is 2. The summed E-state index contributed by atoms with van der Waals surface area (Å²) in [6, 6.07) is 13.9. The van der Waals surface area contributed by atoms with Gasteiger partial charge in [-0.3, -0.25) is 14.5 Å². The van der Waals surface area contributed by atoms with E-state index < -0.39 is 0 Å². The third kappa shape index (κ3) is 5.43. The van der Waals surface area contributed by atoms with Gasteiger partial charge >= 0.3 is 0 Å². The Morgan fingerprint density at radius 3 is 2.40 bits per heavy atom. The van der Waals surface area contributed by atoms with Crippen molar-refractivity contribution in [1.29, 1.82) is 0 Å². The molecule has 0 unspecified atom stereocenters. The van der Waals surface area contributed by atoms with Crippen molar-refractivity contribution in [2.24, 2.45) is 0 Å². The number of likely N-dealkylation sites (N-methyl/N-ethyl adjacent to an activating group) is 2. The molecule has 0 saturated heterocycles. The number of nitrogens with one attached hydrogen (secondary N) is 1. The van der Waals surface area contributed by atoms with E-state index in [2.05, 4.69) is 24.4 Å². The number of aryl methyl sites for hydroxylation is 1. The largest absolute Gasteiger partial charge is 0.342 e. The Bertz CT molecular complexity index is 1030. The second kappa shape index (κ2) is 9.82. The Labute approximate surface area is 181 Å². The van der Waals surface area contributed by atoms with Gasteiger partial charge in [-0.05, 0) is 69.8 Å². The van der Waals surface area contributed by atoms with E-state index >= 15 is 0 Å². The second-order valence-corrected chi connectivity index (χ2v) is 8.38. The van der Waals surface area contributed by atoms with Crippen molar-refractivity contribution in [3.63, 3.8) is 0 Å². The molecule has 2 amide bonds. The lowest BCUT2D eigenvalue weighted by molar-refractivity contribution is -0.132. The SMILES string of the molecule is CCN(CC)C(=O)CN(C)CC(=O)Nc1ccc(-c2nc3ccc(C)cc3s2)cc1. The fourth-order valence-corrected chi connectivity index (χ4v) is 4.33. The zero-order chi connectivity index (χ0) is 21.7. The van der Waals surface area contributed by atoms with Crippen molar-refractivity contribution >= 4 is 39.1 Å². The molecule has 1 heterocycles. The van der Waals surface area contributed by atoms with Crippen LogP contribution in [0.4, 0.5) is 5.69 Å². The van der Waals surface area contributed by atoms with E-state index in [1.165, 1.54) is 10.3 Å². The van der Waals surface area contributed by atoms with Gasteiger partial charge in [0.15, 0.2) is 0 Å². The summed E-state index contributed by atoms with van der Waals surface area (Å²) in [4.78, 5) is 32.7. The molecule has 3 rings (SSSR count). The lowest BCUT2D eigenvalue weighted by Gasteiger charge is -2.22. The molecule has 6 nitrogen and oxygen atoms in total. The van der Waals surface area contributed by atoms with E-state index in [-0.39, 0.29) is 24.9 Å². The van der Waals surface area contributed by atoms with Crippen LogP contribution in [-0.2, 0) is 9.59 Å². The molecule has 7 heteroatoms. The Morgan fingerprint density at radius 1 is 1.03 bits per heavy atom. The zero-order valence-electron chi connectivity index (χ0n) is 17.9. The van der Waals surface area contributed by atoms with Crippen molar-refractivity contribution in [2.75, 3.05) is 38.5 Å². The predicted molar refractivity (Wildman–Crippen MR) is 124 cm³/mol. The summed E-state index contributed by atoms with van der Waals surface area (Å²) < 4.78 is 1.17. The summed E-state index contributed by atoms with van der Waals surface area (Å²) >= 11 is 1.66. The minimum atomic E-state index is -0.145. The van der Waals surface area contributed by atoms with E-state index in [4.69, 9.17) is 4.98 Å². The molecule has 0 bridgehead atoms. The van der Waals surface area contributed by atoms with Crippen LogP contribution >= 0.6 is 11.3 Å². The summed E-state index contributed by atoms with van der Waals surface area (Å²) in [6.07, 6.45) is 0. The highest BCUT2D eigenvalue weighted by molar-refractivity contribution is 7.21. The predicted octanol–water partition coefficient (Wildman–Crippen LogP) is 4.01. The van der Waals surface area contributed by atoms with Gasteiger partial charge in [0.1, 0.15) is 5.01 Å². The highest BCUT2D eigenvalue weighted by Crippen LogP contribution is 2.31. The molecule has 3 aromatic rings. The molecular weight excluding hydrogens is 396 g/mol. The first kappa shape index (κ1) is 21.9. The molecule has 0 atom stereocenters. The number of fused-ring (bicyclic) bond motifs is 1. The summed E-state index contributed by atoms with van der Waals surface area (Å²) in [6.45, 7) is 7.72. The number of nitrogens with zero attached hydrogens (tertiary/aromatic N) is 3. The molecular formula is C23H28N4O2S. The van der Waals surface area contributed by atoms with Gasteiger partial charge in [-0.25, -0.2) is 4.98 Å². The highest BCUT2D eigenvalue weighted by Gasteiger charge is 2.15. The van der Waals surface area contributed by atoms with Gasteiger partial charge in [0.25, 0.3) is 0 Å². The minimum absolute atomic E-state index is 0.0330. The van der Waals surface area contributed by atoms with Crippen molar-refractivity contribution in [3.05, 3.63) is 48.0 Å². The molecule has 0 fully saturated rings. The van der Waals surface area contributed by atoms with Crippen LogP contribution in [0.5, 0.6) is 0 Å². The zero-order valence-corrected chi connectivity index (χ0v) is 18.8. The quantitative estimate of drug-likeness (QED) is 0.593. The number of hydrogen-bond acceptors (Lipinski definition) is 5. The number of hydrogen-bond donors (Lipinski definition) is 1. The molecule has 0 aliphatic rings. The highest BCUT2D eigenvalue weighted by atomic mass is 32.1. The Hall–Kier alpha value is -2.77. The van der Waals surface area contributed by atoms with Crippen LogP contribution < -0.4 is 5.32 Å². The first-order valence-corrected chi connectivity index (χ1v) is 10.9. The van der Waals surface area contributed by atoms with Crippen molar-refractivity contribution in [2.45, 2.75) is 20.8 Å². The molecule has 158 valence electrons. The minimum Gasteiger partial charge on any atom is -0.342 e. The maximum absolute atomic E-state index is 12.3. The number of anilines is 1. The smallest absolute Gasteiger partial charge is 0.238 e. The summed E-state index contributed by atoms with van der Waals surface area (Å²) in [7, 11) is 1.78. The Kier molecular flexibility index (Phi) is 7.18. The van der Waals surface area contributed by atoms with Gasteiger partial charge in [0.2, 0.25) is 11.8 Å². The molecule has 1 N–H and O–H groups in total. The van der Waals surface area contributed by atoms with E-state index in [0.717, 1.165) is 21.8 Å². The molecule has 0 radical (unpaired) electrons. The van der Waals surface area contributed by atoms with Crippen molar-refractivity contribution < 1.29 is 9.59 Å². The van der Waals surface area contributed by atoms with Crippen molar-refractivity contribution in [1.82, 2.24) is 14.8 Å². The third-order valence-corrected chi connectivity index (χ3v) is 5.96. The van der Waals surface area contributed by atoms with Crippen LogP contribution in [-0.4, -0.2) is 59.8 Å². The van der Waals surface area contributed by atoms with Gasteiger partial charge in [-0.2, -0.15) is 0 Å². The lowest BCUT2D eigenvalue weighted by atomic mass is 10.2. The number of carbonyl (C=O) groups excluding carboxylic acids is 2. The van der Waals surface area contributed by atoms with Crippen LogP contribution in [0.25, 0.3) is 20.8 Å². The van der Waals surface area contributed by atoms with Crippen LogP contribution in [0.2, 0.25) is 0 Å². The molecule has 0 saturated carbocycles. The number of aromatic nitrogens is 1. The molecule has 1 aromatic heterocycles. The number of carbonyl (C=O) groups is 2. The molecule has 2 aromatic carbocycles. The average molecular weight is 425 g/mol. The van der Waals surface area contributed by atoms with E-state index in [1.807, 2.05) is 44.2 Å². The van der Waals surface area contributed by atoms with E-state index in [1.54, 1.807) is 28.2 Å². The maximum Gasteiger partial charge on any atom is 0.238 e. The summed E-state index contributed by atoms with van der Waals surface area (Å²) in [5.74, 6) is -0.112. The normalized spacial score (nSPS) is 11.1. The van der Waals surface area contributed by atoms with Crippen LogP contribution in [0.3, 0.4) is 0 Å².